The highest BCUT2D eigenvalue weighted by molar-refractivity contribution is 8.76. The van der Waals surface area contributed by atoms with Crippen LogP contribution in [0.15, 0.2) is 28.3 Å². The van der Waals surface area contributed by atoms with Crippen molar-refractivity contribution in [2.75, 3.05) is 58.8 Å². The monoisotopic (exact) mass is 1020 g/mol. The van der Waals surface area contributed by atoms with Crippen molar-refractivity contribution in [1.29, 1.82) is 0 Å². The number of aromatic nitrogens is 1. The maximum Gasteiger partial charge on any atom is 0.253 e. The summed E-state index contributed by atoms with van der Waals surface area (Å²) >= 11 is 0. The summed E-state index contributed by atoms with van der Waals surface area (Å²) in [6.45, 7) is 0.495. The van der Waals surface area contributed by atoms with Gasteiger partial charge >= 0.3 is 0 Å². The van der Waals surface area contributed by atoms with Crippen LogP contribution in [-0.4, -0.2) is 181 Å². The molecule has 26 nitrogen and oxygen atoms in total. The van der Waals surface area contributed by atoms with E-state index in [0.717, 1.165) is 21.6 Å². The molecule has 0 saturated carbocycles. The average Bonchev–Trinajstić information content (AvgIpc) is 4.00. The molecule has 3 fully saturated rings. The molecule has 9 amide bonds. The highest BCUT2D eigenvalue weighted by atomic mass is 33.1. The summed E-state index contributed by atoms with van der Waals surface area (Å²) in [7, 11) is 7.72. The van der Waals surface area contributed by atoms with E-state index in [4.69, 9.17) is 34.4 Å². The molecule has 0 aromatic carbocycles. The van der Waals surface area contributed by atoms with Crippen LogP contribution < -0.4 is 65.5 Å². The number of pyridine rings is 1. The maximum absolute atomic E-state index is 14.6. The predicted octanol–water partition coefficient (Wildman–Crippen LogP) is -4.45. The predicted molar refractivity (Wildman–Crippen MR) is 265 cm³/mol. The van der Waals surface area contributed by atoms with Gasteiger partial charge in [0.15, 0.2) is 11.9 Å². The first-order valence-corrected chi connectivity index (χ1v) is 25.4. The number of hydrogen-bond donors (Lipinski definition) is 11. The van der Waals surface area contributed by atoms with E-state index in [9.17, 15) is 43.2 Å². The lowest BCUT2D eigenvalue weighted by molar-refractivity contribution is -0.148. The fourth-order valence-corrected chi connectivity index (χ4v) is 10.3. The van der Waals surface area contributed by atoms with E-state index in [2.05, 4.69) is 41.6 Å². The van der Waals surface area contributed by atoms with E-state index in [1.807, 2.05) is 21.1 Å². The van der Waals surface area contributed by atoms with Crippen molar-refractivity contribution in [3.63, 3.8) is 0 Å². The van der Waals surface area contributed by atoms with E-state index in [1.54, 1.807) is 6.07 Å². The fraction of sp³-hybridized carbons (Fsp3) is 0.619. The molecule has 4 rings (SSSR count). The Morgan fingerprint density at radius 2 is 1.24 bits per heavy atom. The van der Waals surface area contributed by atoms with Gasteiger partial charge < -0.3 is 70.8 Å². The molecule has 0 unspecified atom stereocenters. The number of carbonyl (C=O) groups is 9. The van der Waals surface area contributed by atoms with Gasteiger partial charge in [-0.3, -0.25) is 57.6 Å². The Kier molecular flexibility index (Phi) is 21.3. The summed E-state index contributed by atoms with van der Waals surface area (Å²) in [5, 5.41) is 13.4. The highest BCUT2D eigenvalue weighted by Gasteiger charge is 2.44. The first kappa shape index (κ1) is 56.2. The van der Waals surface area contributed by atoms with Gasteiger partial charge in [0.05, 0.1) is 26.7 Å². The molecule has 28 heteroatoms. The van der Waals surface area contributed by atoms with E-state index in [1.165, 1.54) is 22.1 Å². The molecule has 3 aliphatic rings. The quantitative estimate of drug-likeness (QED) is 0.0260. The Bertz CT molecular complexity index is 2130. The van der Waals surface area contributed by atoms with Crippen molar-refractivity contribution in [2.24, 2.45) is 44.4 Å². The van der Waals surface area contributed by atoms with Gasteiger partial charge in [-0.25, -0.2) is 4.98 Å². The molecule has 3 aliphatic heterocycles. The Balaban J connectivity index is 1.75. The second-order valence-corrected chi connectivity index (χ2v) is 20.5. The van der Waals surface area contributed by atoms with Gasteiger partial charge in [-0.1, -0.05) is 21.6 Å². The van der Waals surface area contributed by atoms with Crippen LogP contribution in [0.1, 0.15) is 74.6 Å². The first-order valence-electron chi connectivity index (χ1n) is 22.9. The van der Waals surface area contributed by atoms with Gasteiger partial charge in [-0.05, 0) is 63.9 Å². The van der Waals surface area contributed by atoms with Crippen molar-refractivity contribution in [3.05, 3.63) is 23.9 Å². The molecule has 17 N–H and O–H groups in total. The Morgan fingerprint density at radius 1 is 0.700 bits per heavy atom. The molecule has 1 aromatic rings. The van der Waals surface area contributed by atoms with Crippen LogP contribution in [0.5, 0.6) is 0 Å². The minimum Gasteiger partial charge on any atom is -0.370 e. The van der Waals surface area contributed by atoms with E-state index in [0.29, 0.717) is 23.1 Å². The second-order valence-electron chi connectivity index (χ2n) is 17.9. The van der Waals surface area contributed by atoms with Gasteiger partial charge in [-0.2, -0.15) is 0 Å². The zero-order valence-corrected chi connectivity index (χ0v) is 41.4. The Morgan fingerprint density at radius 3 is 1.81 bits per heavy atom. The minimum absolute atomic E-state index is 0.0175. The van der Waals surface area contributed by atoms with E-state index in [-0.39, 0.29) is 107 Å². The third-order valence-corrected chi connectivity index (χ3v) is 14.1. The van der Waals surface area contributed by atoms with Crippen molar-refractivity contribution in [1.82, 2.24) is 45.9 Å². The number of rotatable bonds is 15. The van der Waals surface area contributed by atoms with Crippen LogP contribution in [0, 0.1) is 0 Å². The molecule has 0 bridgehead atoms. The maximum atomic E-state index is 14.6. The van der Waals surface area contributed by atoms with Crippen molar-refractivity contribution in [3.8, 4) is 0 Å². The third kappa shape index (κ3) is 16.9. The Labute approximate surface area is 413 Å². The van der Waals surface area contributed by atoms with Crippen LogP contribution >= 0.6 is 21.6 Å². The minimum atomic E-state index is -1.47. The van der Waals surface area contributed by atoms with E-state index < -0.39 is 95.5 Å². The standard InChI is InChI=1S/C42H67N17O9S2/c1-59(2,3)32-15-12-23(20-51-32)34(62)56-28-22-70-69-21-27(33(44)61)55-35(63)24(8-4-16-49-41(45)46)53-38(66)29-10-6-18-57(29)40(68)30-11-7-19-58(30)39(67)26(9-5-17-50-42(47)48)54-36(64)25(52-37(28)65)13-14-31(43)60/h12,15,20,24-30H,4-11,13-14,16-19,21-22H2,1-3H3,(H16-,43,44,45,46,47,48,49,50,52,53,54,55,56,60,61,62,63,64,65,66)/p+1/t24-,25-,26-,27-,28-,29-,30-/m0/s1. The molecular weight excluding hydrogens is 951 g/mol. The van der Waals surface area contributed by atoms with Crippen LogP contribution in [0.25, 0.3) is 0 Å². The van der Waals surface area contributed by atoms with E-state index >= 15 is 0 Å². The number of carbonyl (C=O) groups excluding carboxylic acids is 9. The first-order chi connectivity index (χ1) is 33.1. The average molecular weight is 1020 g/mol. The molecule has 0 radical (unpaired) electrons. The second kappa shape index (κ2) is 26.5. The summed E-state index contributed by atoms with van der Waals surface area (Å²) in [5.41, 5.74) is 33.4. The molecule has 7 atom stereocenters. The van der Waals surface area contributed by atoms with Crippen molar-refractivity contribution >= 4 is 92.5 Å². The molecule has 4 heterocycles. The number of guanidine groups is 2. The van der Waals surface area contributed by atoms with Gasteiger partial charge in [0.1, 0.15) is 42.3 Å². The van der Waals surface area contributed by atoms with Crippen LogP contribution in [0.2, 0.25) is 0 Å². The van der Waals surface area contributed by atoms with Crippen LogP contribution in [-0.2, 0) is 38.4 Å². The van der Waals surface area contributed by atoms with Gasteiger partial charge in [0.2, 0.25) is 53.1 Å². The lowest BCUT2D eigenvalue weighted by atomic mass is 10.1. The highest BCUT2D eigenvalue weighted by Crippen LogP contribution is 2.27. The number of hydrogen-bond acceptors (Lipinski definition) is 14. The molecule has 0 spiro atoms. The molecular formula is C42H68N17O9S2+. The number of nitrogens with two attached hydrogens (primary N) is 6. The van der Waals surface area contributed by atoms with Gasteiger partial charge in [0.25, 0.3) is 5.91 Å². The number of nitrogens with one attached hydrogen (secondary N) is 5. The smallest absolute Gasteiger partial charge is 0.253 e. The SMILES string of the molecule is C[N+](C)(C)c1ccc(C(=O)N[C@H]2CSSC[C@@H](C(N)=O)NC(=O)[C@H](CCCN=C(N)N)NC(=O)[C@@H]3CCCN3C(=O)[C@@H]3CCCN3C(=O)[C@H](CCCN=C(N)N)NC(=O)[C@H](CCC(N)=O)NC2=O)cn1. The molecule has 0 aliphatic carbocycles. The largest absolute Gasteiger partial charge is 0.370 e. The normalized spacial score (nSPS) is 24.5. The third-order valence-electron chi connectivity index (χ3n) is 11.6. The summed E-state index contributed by atoms with van der Waals surface area (Å²) < 4.78 is 0.357. The fourth-order valence-electron chi connectivity index (χ4n) is 7.92. The molecule has 386 valence electrons. The summed E-state index contributed by atoms with van der Waals surface area (Å²) in [5.74, 6) is -6.70. The van der Waals surface area contributed by atoms with Gasteiger partial charge in [-0.15, -0.1) is 0 Å². The van der Waals surface area contributed by atoms with Gasteiger partial charge in [0, 0.05) is 56.4 Å². The van der Waals surface area contributed by atoms with Crippen molar-refractivity contribution in [2.45, 2.75) is 107 Å². The number of amides is 9. The lowest BCUT2D eigenvalue weighted by Gasteiger charge is -2.33. The zero-order valence-electron chi connectivity index (χ0n) is 39.7. The zero-order chi connectivity index (χ0) is 51.7. The van der Waals surface area contributed by atoms with Crippen LogP contribution in [0.3, 0.4) is 0 Å². The summed E-state index contributed by atoms with van der Waals surface area (Å²) in [6.07, 6.45) is 2.45. The number of fused-ring (bicyclic) bond motifs is 2. The summed E-state index contributed by atoms with van der Waals surface area (Å²) in [6, 6.07) is -5.52. The van der Waals surface area contributed by atoms with Crippen LogP contribution in [0.4, 0.5) is 5.82 Å². The number of primary amides is 2. The van der Waals surface area contributed by atoms with Crippen molar-refractivity contribution < 1.29 is 43.2 Å². The molecule has 70 heavy (non-hydrogen) atoms. The number of quaternary nitrogens is 1. The molecule has 3 saturated heterocycles. The summed E-state index contributed by atoms with van der Waals surface area (Å²) in [4.78, 5) is 139. The number of nitrogens with zero attached hydrogens (tertiary/aromatic N) is 6. The topological polar surface area (TPSA) is 414 Å². The lowest BCUT2D eigenvalue weighted by Crippen LogP contribution is -2.59. The Hall–Kier alpha value is -6.42. The molecule has 1 aromatic heterocycles. The number of aliphatic imine (C=N–C) groups is 2.